The maximum absolute atomic E-state index is 12.1. The summed E-state index contributed by atoms with van der Waals surface area (Å²) in [7, 11) is 1.95. The van der Waals surface area contributed by atoms with Crippen LogP contribution in [0.5, 0.6) is 0 Å². The Morgan fingerprint density at radius 1 is 1.14 bits per heavy atom. The summed E-state index contributed by atoms with van der Waals surface area (Å²) in [5.74, 6) is -0.0328. The van der Waals surface area contributed by atoms with E-state index in [2.05, 4.69) is 37.4 Å². The van der Waals surface area contributed by atoms with E-state index in [-0.39, 0.29) is 5.91 Å². The molecule has 22 heavy (non-hydrogen) atoms. The Balaban J connectivity index is 1.89. The Labute approximate surface area is 136 Å². The molecule has 0 aliphatic heterocycles. The van der Waals surface area contributed by atoms with Crippen LogP contribution in [-0.4, -0.2) is 24.4 Å². The third-order valence-corrected chi connectivity index (χ3v) is 3.73. The van der Waals surface area contributed by atoms with Crippen molar-refractivity contribution in [1.82, 2.24) is 4.90 Å². The van der Waals surface area contributed by atoms with Crippen LogP contribution < -0.4 is 5.32 Å². The Hall–Kier alpha value is -1.84. The van der Waals surface area contributed by atoms with E-state index < -0.39 is 0 Å². The molecule has 3 nitrogen and oxygen atoms in total. The Morgan fingerprint density at radius 3 is 2.45 bits per heavy atom. The van der Waals surface area contributed by atoms with Crippen molar-refractivity contribution in [2.75, 3.05) is 18.9 Å². The number of benzene rings is 2. The van der Waals surface area contributed by atoms with Gasteiger partial charge in [0.05, 0.1) is 6.54 Å². The highest BCUT2D eigenvalue weighted by atomic mass is 35.5. The standard InChI is InChI=1S/C18H21ClN2O/c1-13-4-5-15(14(2)10-13)11-21(3)12-18(22)20-17-8-6-16(19)7-9-17/h4-10H,11-12H2,1-3H3,(H,20,22). The predicted octanol–water partition coefficient (Wildman–Crippen LogP) is 4.03. The van der Waals surface area contributed by atoms with Crippen molar-refractivity contribution in [2.45, 2.75) is 20.4 Å². The second-order valence-electron chi connectivity index (χ2n) is 5.66. The minimum Gasteiger partial charge on any atom is -0.325 e. The Morgan fingerprint density at radius 2 is 1.82 bits per heavy atom. The average molecular weight is 317 g/mol. The lowest BCUT2D eigenvalue weighted by molar-refractivity contribution is -0.117. The molecule has 0 unspecified atom stereocenters. The largest absolute Gasteiger partial charge is 0.325 e. The van der Waals surface area contributed by atoms with E-state index in [4.69, 9.17) is 11.6 Å². The van der Waals surface area contributed by atoms with Crippen LogP contribution in [0.2, 0.25) is 5.02 Å². The number of carbonyl (C=O) groups excluding carboxylic acids is 1. The number of aryl methyl sites for hydroxylation is 2. The predicted molar refractivity (Wildman–Crippen MR) is 92.3 cm³/mol. The highest BCUT2D eigenvalue weighted by molar-refractivity contribution is 6.30. The number of likely N-dealkylation sites (N-methyl/N-ethyl adjacent to an activating group) is 1. The van der Waals surface area contributed by atoms with Gasteiger partial charge in [-0.3, -0.25) is 9.69 Å². The van der Waals surface area contributed by atoms with E-state index in [1.54, 1.807) is 24.3 Å². The average Bonchev–Trinajstić information content (AvgIpc) is 2.44. The van der Waals surface area contributed by atoms with Gasteiger partial charge in [-0.1, -0.05) is 35.4 Å². The van der Waals surface area contributed by atoms with Gasteiger partial charge in [0.15, 0.2) is 0 Å². The lowest BCUT2D eigenvalue weighted by Gasteiger charge is -2.18. The van der Waals surface area contributed by atoms with Crippen LogP contribution >= 0.6 is 11.6 Å². The molecule has 2 aromatic rings. The van der Waals surface area contributed by atoms with Gasteiger partial charge in [0.25, 0.3) is 0 Å². The van der Waals surface area contributed by atoms with Gasteiger partial charge >= 0.3 is 0 Å². The molecule has 0 heterocycles. The number of rotatable bonds is 5. The fraction of sp³-hybridized carbons (Fsp3) is 0.278. The molecule has 4 heteroatoms. The SMILES string of the molecule is Cc1ccc(CN(C)CC(=O)Nc2ccc(Cl)cc2)c(C)c1. The van der Waals surface area contributed by atoms with Gasteiger partial charge in [-0.15, -0.1) is 0 Å². The van der Waals surface area contributed by atoms with Gasteiger partial charge < -0.3 is 5.32 Å². The first-order valence-corrected chi connectivity index (χ1v) is 7.62. The molecule has 2 aromatic carbocycles. The Bertz CT molecular complexity index is 653. The summed E-state index contributed by atoms with van der Waals surface area (Å²) in [5.41, 5.74) is 4.51. The lowest BCUT2D eigenvalue weighted by atomic mass is 10.1. The molecule has 0 bridgehead atoms. The summed E-state index contributed by atoms with van der Waals surface area (Å²) in [5, 5.41) is 3.53. The normalized spacial score (nSPS) is 10.8. The number of halogens is 1. The fourth-order valence-corrected chi connectivity index (χ4v) is 2.47. The molecule has 0 saturated heterocycles. The highest BCUT2D eigenvalue weighted by Gasteiger charge is 2.09. The number of carbonyl (C=O) groups is 1. The summed E-state index contributed by atoms with van der Waals surface area (Å²) < 4.78 is 0. The second kappa shape index (κ2) is 7.43. The van der Waals surface area contributed by atoms with Gasteiger partial charge in [0, 0.05) is 17.3 Å². The van der Waals surface area contributed by atoms with Gasteiger partial charge in [-0.2, -0.15) is 0 Å². The van der Waals surface area contributed by atoms with Crippen LogP contribution in [0.1, 0.15) is 16.7 Å². The number of hydrogen-bond donors (Lipinski definition) is 1. The fourth-order valence-electron chi connectivity index (χ4n) is 2.35. The van der Waals surface area contributed by atoms with Crippen molar-refractivity contribution in [2.24, 2.45) is 0 Å². The van der Waals surface area contributed by atoms with E-state index >= 15 is 0 Å². The zero-order valence-corrected chi connectivity index (χ0v) is 13.9. The summed E-state index contributed by atoms with van der Waals surface area (Å²) >= 11 is 5.83. The van der Waals surface area contributed by atoms with Crippen molar-refractivity contribution in [3.63, 3.8) is 0 Å². The third-order valence-electron chi connectivity index (χ3n) is 3.48. The summed E-state index contributed by atoms with van der Waals surface area (Å²) in [4.78, 5) is 14.1. The van der Waals surface area contributed by atoms with Crippen LogP contribution in [-0.2, 0) is 11.3 Å². The van der Waals surface area contributed by atoms with Crippen molar-refractivity contribution in [3.05, 3.63) is 64.2 Å². The zero-order valence-electron chi connectivity index (χ0n) is 13.2. The van der Waals surface area contributed by atoms with Crippen LogP contribution in [0.15, 0.2) is 42.5 Å². The maximum Gasteiger partial charge on any atom is 0.238 e. The number of nitrogens with one attached hydrogen (secondary N) is 1. The maximum atomic E-state index is 12.1. The van der Waals surface area contributed by atoms with Crippen molar-refractivity contribution < 1.29 is 4.79 Å². The molecule has 116 valence electrons. The lowest BCUT2D eigenvalue weighted by Crippen LogP contribution is -2.30. The highest BCUT2D eigenvalue weighted by Crippen LogP contribution is 2.14. The first-order valence-electron chi connectivity index (χ1n) is 7.24. The number of amides is 1. The number of nitrogens with zero attached hydrogens (tertiary/aromatic N) is 1. The molecular weight excluding hydrogens is 296 g/mol. The molecular formula is C18H21ClN2O. The zero-order chi connectivity index (χ0) is 16.1. The summed E-state index contributed by atoms with van der Waals surface area (Å²) in [6.07, 6.45) is 0. The van der Waals surface area contributed by atoms with Crippen LogP contribution in [0, 0.1) is 13.8 Å². The van der Waals surface area contributed by atoms with Crippen LogP contribution in [0.4, 0.5) is 5.69 Å². The summed E-state index contributed by atoms with van der Waals surface area (Å²) in [6, 6.07) is 13.5. The van der Waals surface area contributed by atoms with E-state index in [1.165, 1.54) is 16.7 Å². The smallest absolute Gasteiger partial charge is 0.238 e. The molecule has 0 aromatic heterocycles. The molecule has 0 aliphatic rings. The minimum atomic E-state index is -0.0328. The summed E-state index contributed by atoms with van der Waals surface area (Å²) in [6.45, 7) is 5.28. The minimum absolute atomic E-state index is 0.0328. The first-order chi connectivity index (χ1) is 10.4. The van der Waals surface area contributed by atoms with E-state index in [0.29, 0.717) is 11.6 Å². The molecule has 0 radical (unpaired) electrons. The van der Waals surface area contributed by atoms with Crippen molar-refractivity contribution >= 4 is 23.2 Å². The van der Waals surface area contributed by atoms with Gasteiger partial charge in [0.2, 0.25) is 5.91 Å². The van der Waals surface area contributed by atoms with Crippen LogP contribution in [0.3, 0.4) is 0 Å². The van der Waals surface area contributed by atoms with Gasteiger partial charge in [-0.05, 0) is 56.3 Å². The van der Waals surface area contributed by atoms with Gasteiger partial charge in [-0.25, -0.2) is 0 Å². The Kier molecular flexibility index (Phi) is 5.58. The molecule has 0 aliphatic carbocycles. The topological polar surface area (TPSA) is 32.3 Å². The first kappa shape index (κ1) is 16.5. The monoisotopic (exact) mass is 316 g/mol. The van der Waals surface area contributed by atoms with Crippen LogP contribution in [0.25, 0.3) is 0 Å². The van der Waals surface area contributed by atoms with Crippen molar-refractivity contribution in [3.8, 4) is 0 Å². The molecule has 0 atom stereocenters. The third kappa shape index (κ3) is 4.86. The molecule has 0 fully saturated rings. The molecule has 0 spiro atoms. The van der Waals surface area contributed by atoms with E-state index in [1.807, 2.05) is 11.9 Å². The number of anilines is 1. The molecule has 0 saturated carbocycles. The number of hydrogen-bond acceptors (Lipinski definition) is 2. The second-order valence-corrected chi connectivity index (χ2v) is 6.09. The quantitative estimate of drug-likeness (QED) is 0.903. The van der Waals surface area contributed by atoms with E-state index in [0.717, 1.165) is 12.2 Å². The van der Waals surface area contributed by atoms with Crippen molar-refractivity contribution in [1.29, 1.82) is 0 Å². The molecule has 2 rings (SSSR count). The molecule has 1 N–H and O–H groups in total. The van der Waals surface area contributed by atoms with Gasteiger partial charge in [0.1, 0.15) is 0 Å². The van der Waals surface area contributed by atoms with E-state index in [9.17, 15) is 4.79 Å². The molecule has 1 amide bonds.